The van der Waals surface area contributed by atoms with Crippen molar-refractivity contribution in [3.05, 3.63) is 91.3 Å². The molecule has 3 aromatic carbocycles. The number of rotatable bonds is 7. The van der Waals surface area contributed by atoms with Crippen LogP contribution in [0.15, 0.2) is 59.4 Å². The van der Waals surface area contributed by atoms with Crippen LogP contribution < -0.4 is 15.1 Å². The number of nitrogens with one attached hydrogen (secondary N) is 1. The number of benzene rings is 3. The second-order valence-corrected chi connectivity index (χ2v) is 16.6. The van der Waals surface area contributed by atoms with Gasteiger partial charge in [-0.3, -0.25) is 39.6 Å². The van der Waals surface area contributed by atoms with E-state index in [9.17, 15) is 60.1 Å². The van der Waals surface area contributed by atoms with E-state index in [1.807, 2.05) is 0 Å². The summed E-state index contributed by atoms with van der Waals surface area (Å²) in [6, 6.07) is 2.80. The standard InChI is InChI=1S/C45H53N5O16/c1-20-12-11-13-21(2)44(58)47-35-28(19-46-48(9)29-15-14-27(49(59)60)18-30(29)50(61)62)39(55)32-33(40(35)56)38(54)25(6)42-34(32)43(57)45(8,66-42)64-17-16-31(63-10)22(3)41(65-26(7)51)24(5)37(53)23(4)36(20)52/h11-20,22-24,31,36-37,41,52-56H,1-10H3,(H,47,58)/b12-11+,17-16+,21-13-,46-19?/t20-,22-,23+,24-,31-,36-,37+,41+,45-/m0/s1. The fraction of sp³-hybridized carbons (Fsp3) is 0.422. The molecule has 21 nitrogen and oxygen atoms in total. The monoisotopic (exact) mass is 919 g/mol. The highest BCUT2D eigenvalue weighted by atomic mass is 16.7. The van der Waals surface area contributed by atoms with Gasteiger partial charge in [0, 0.05) is 74.3 Å². The number of allylic oxidation sites excluding steroid dienone is 2. The van der Waals surface area contributed by atoms with Crippen molar-refractivity contribution in [3.63, 3.8) is 0 Å². The zero-order chi connectivity index (χ0) is 49.3. The van der Waals surface area contributed by atoms with E-state index >= 15 is 0 Å². The molecule has 6 rings (SSSR count). The summed E-state index contributed by atoms with van der Waals surface area (Å²) in [5, 5.41) is 88.7. The van der Waals surface area contributed by atoms with E-state index < -0.39 is 132 Å². The van der Waals surface area contributed by atoms with Crippen molar-refractivity contribution in [1.82, 2.24) is 0 Å². The summed E-state index contributed by atoms with van der Waals surface area (Å²) in [5.41, 5.74) is -2.92. The average molecular weight is 920 g/mol. The van der Waals surface area contributed by atoms with Crippen LogP contribution in [0.2, 0.25) is 0 Å². The quantitative estimate of drug-likeness (QED) is 0.0393. The molecule has 6 N–H and O–H groups in total. The van der Waals surface area contributed by atoms with Gasteiger partial charge in [0.2, 0.25) is 0 Å². The number of carbonyl (C=O) groups excluding carboxylic acids is 3. The van der Waals surface area contributed by atoms with Crippen molar-refractivity contribution in [1.29, 1.82) is 0 Å². The molecule has 0 aromatic heterocycles. The van der Waals surface area contributed by atoms with Gasteiger partial charge < -0.3 is 49.8 Å². The van der Waals surface area contributed by atoms with Crippen LogP contribution in [0, 0.1) is 50.8 Å². The number of ether oxygens (including phenoxy) is 4. The molecule has 1 amide bonds. The highest BCUT2D eigenvalue weighted by molar-refractivity contribution is 6.24. The lowest BCUT2D eigenvalue weighted by Gasteiger charge is -2.38. The number of methoxy groups -OCH3 is 1. The van der Waals surface area contributed by atoms with E-state index in [0.717, 1.165) is 35.7 Å². The third-order valence-electron chi connectivity index (χ3n) is 12.1. The number of esters is 1. The van der Waals surface area contributed by atoms with Gasteiger partial charge >= 0.3 is 17.4 Å². The van der Waals surface area contributed by atoms with Crippen LogP contribution in [0.5, 0.6) is 23.0 Å². The number of anilines is 2. The molecule has 3 aliphatic heterocycles. The van der Waals surface area contributed by atoms with Crippen LogP contribution >= 0.6 is 0 Å². The number of hydrogen-bond acceptors (Lipinski definition) is 18. The van der Waals surface area contributed by atoms with Gasteiger partial charge in [-0.2, -0.15) is 5.10 Å². The van der Waals surface area contributed by atoms with Gasteiger partial charge in [0.1, 0.15) is 29.0 Å². The number of phenolic OH excluding ortho intramolecular Hbond substituents is 3. The Balaban J connectivity index is 1.75. The first-order chi connectivity index (χ1) is 30.9. The number of aliphatic hydroxyl groups is 2. The van der Waals surface area contributed by atoms with Gasteiger partial charge in [0.15, 0.2) is 5.75 Å². The molecule has 9 atom stereocenters. The van der Waals surface area contributed by atoms with E-state index in [1.54, 1.807) is 33.8 Å². The number of aromatic hydroxyl groups is 3. The maximum Gasteiger partial charge on any atom is 0.312 e. The first kappa shape index (κ1) is 49.9. The van der Waals surface area contributed by atoms with Crippen molar-refractivity contribution in [2.24, 2.45) is 28.8 Å². The second-order valence-electron chi connectivity index (χ2n) is 16.6. The SMILES string of the molecule is CO[C@H]1/C=C/O[C@@]2(C)Oc3c(C)c(O)c4c(O)c(c(C=NN(C)c5ccc([N+](=O)[O-])cc5[N+](=O)[O-])c(O)c4c3C2=O)NC(=O)/C(C)=C\C=C\[C@H](C)[C@H](O)[C@@H](C)[C@@H](O)[C@H](C)[C@H](OC(C)=O)[C@H]1C. The Hall–Kier alpha value is -7.10. The number of ketones is 1. The number of hydrazone groups is 1. The molecule has 0 radical (unpaired) electrons. The third-order valence-corrected chi connectivity index (χ3v) is 12.1. The van der Waals surface area contributed by atoms with Gasteiger partial charge in [-0.15, -0.1) is 0 Å². The normalized spacial score (nSPS) is 28.0. The summed E-state index contributed by atoms with van der Waals surface area (Å²) in [7, 11) is 2.63. The van der Waals surface area contributed by atoms with Gasteiger partial charge in [0.05, 0.1) is 68.9 Å². The largest absolute Gasteiger partial charge is 0.507 e. The maximum absolute atomic E-state index is 14.5. The number of nitro groups is 2. The summed E-state index contributed by atoms with van der Waals surface area (Å²) in [5.74, 6) is -9.93. The average Bonchev–Trinajstić information content (AvgIpc) is 3.53. The number of nitrogens with zero attached hydrogens (tertiary/aromatic N) is 4. The molecule has 66 heavy (non-hydrogen) atoms. The molecule has 0 spiro atoms. The fourth-order valence-electron chi connectivity index (χ4n) is 8.12. The minimum atomic E-state index is -2.19. The molecule has 354 valence electrons. The van der Waals surface area contributed by atoms with Crippen LogP contribution in [0.3, 0.4) is 0 Å². The Morgan fingerprint density at radius 1 is 0.955 bits per heavy atom. The topological polar surface area (TPSA) is 303 Å². The van der Waals surface area contributed by atoms with Crippen LogP contribution in [0.4, 0.5) is 22.7 Å². The number of amides is 1. The maximum atomic E-state index is 14.5. The summed E-state index contributed by atoms with van der Waals surface area (Å²) in [6.45, 7) is 12.0. The molecule has 21 heteroatoms. The minimum absolute atomic E-state index is 0.0226. The van der Waals surface area contributed by atoms with E-state index in [4.69, 9.17) is 18.9 Å². The molecular weight excluding hydrogens is 867 g/mol. The van der Waals surface area contributed by atoms with E-state index in [0.29, 0.717) is 0 Å². The van der Waals surface area contributed by atoms with E-state index in [2.05, 4.69) is 10.4 Å². The van der Waals surface area contributed by atoms with Crippen molar-refractivity contribution in [2.75, 3.05) is 24.5 Å². The lowest BCUT2D eigenvalue weighted by atomic mass is 9.78. The molecule has 0 saturated carbocycles. The van der Waals surface area contributed by atoms with E-state index in [-0.39, 0.29) is 28.1 Å². The van der Waals surface area contributed by atoms with Crippen molar-refractivity contribution in [3.8, 4) is 23.0 Å². The van der Waals surface area contributed by atoms with Crippen LogP contribution in [0.1, 0.15) is 70.0 Å². The molecule has 3 aromatic rings. The molecule has 5 bridgehead atoms. The Labute approximate surface area is 378 Å². The second kappa shape index (κ2) is 19.6. The number of carbonyl (C=O) groups is 3. The number of fused-ring (bicyclic) bond motifs is 14. The Morgan fingerprint density at radius 2 is 1.62 bits per heavy atom. The molecule has 3 aliphatic rings. The minimum Gasteiger partial charge on any atom is -0.507 e. The summed E-state index contributed by atoms with van der Waals surface area (Å²) in [6.07, 6.45) is 3.71. The number of Topliss-reactive ketones (excluding diaryl/α,β-unsaturated/α-hetero) is 1. The summed E-state index contributed by atoms with van der Waals surface area (Å²) >= 11 is 0. The van der Waals surface area contributed by atoms with E-state index in [1.165, 1.54) is 60.1 Å². The number of phenols is 3. The molecule has 0 unspecified atom stereocenters. The number of aliphatic hydroxyl groups excluding tert-OH is 2. The van der Waals surface area contributed by atoms with Gasteiger partial charge in [-0.1, -0.05) is 45.9 Å². The third kappa shape index (κ3) is 9.49. The number of non-ortho nitro benzene ring substituents is 1. The Bertz CT molecular complexity index is 2590. The number of nitro benzene ring substituents is 2. The smallest absolute Gasteiger partial charge is 0.312 e. The highest BCUT2D eigenvalue weighted by Crippen LogP contribution is 2.55. The first-order valence-corrected chi connectivity index (χ1v) is 20.7. The number of hydrogen-bond donors (Lipinski definition) is 6. The molecule has 0 fully saturated rings. The van der Waals surface area contributed by atoms with Crippen molar-refractivity contribution >= 4 is 57.4 Å². The molecule has 3 heterocycles. The predicted molar refractivity (Wildman–Crippen MR) is 240 cm³/mol. The summed E-state index contributed by atoms with van der Waals surface area (Å²) < 4.78 is 23.4. The van der Waals surface area contributed by atoms with Crippen molar-refractivity contribution < 1.29 is 68.7 Å². The van der Waals surface area contributed by atoms with Crippen LogP contribution in [0.25, 0.3) is 10.8 Å². The van der Waals surface area contributed by atoms with Crippen LogP contribution in [-0.2, 0) is 23.8 Å². The fourth-order valence-corrected chi connectivity index (χ4v) is 8.12. The predicted octanol–water partition coefficient (Wildman–Crippen LogP) is 6.04. The van der Waals surface area contributed by atoms with Crippen molar-refractivity contribution in [2.45, 2.75) is 85.6 Å². The van der Waals surface area contributed by atoms with Gasteiger partial charge in [-0.05, 0) is 26.0 Å². The highest BCUT2D eigenvalue weighted by Gasteiger charge is 2.50. The van der Waals surface area contributed by atoms with Gasteiger partial charge in [-0.25, -0.2) is 0 Å². The Kier molecular flexibility index (Phi) is 14.8. The van der Waals surface area contributed by atoms with Gasteiger partial charge in [0.25, 0.3) is 17.4 Å². The molecular formula is C45H53N5O16. The Morgan fingerprint density at radius 3 is 2.23 bits per heavy atom. The molecule has 0 saturated heterocycles. The molecule has 0 aliphatic carbocycles. The van der Waals surface area contributed by atoms with Crippen LogP contribution in [-0.4, -0.2) is 104 Å². The zero-order valence-corrected chi connectivity index (χ0v) is 37.8. The lowest BCUT2D eigenvalue weighted by Crippen LogP contribution is -2.46. The lowest BCUT2D eigenvalue weighted by molar-refractivity contribution is -0.393. The first-order valence-electron chi connectivity index (χ1n) is 20.7. The zero-order valence-electron chi connectivity index (χ0n) is 37.8. The summed E-state index contributed by atoms with van der Waals surface area (Å²) in [4.78, 5) is 62.4.